The van der Waals surface area contributed by atoms with Gasteiger partial charge in [0.25, 0.3) is 0 Å². The van der Waals surface area contributed by atoms with Crippen molar-refractivity contribution in [2.75, 3.05) is 46.4 Å². The Kier molecular flexibility index (Phi) is 9.91. The number of benzene rings is 1. The van der Waals surface area contributed by atoms with E-state index in [0.717, 1.165) is 36.8 Å². The van der Waals surface area contributed by atoms with Crippen LogP contribution in [0.3, 0.4) is 0 Å². The smallest absolute Gasteiger partial charge is 0.203 e. The van der Waals surface area contributed by atoms with Gasteiger partial charge >= 0.3 is 0 Å². The van der Waals surface area contributed by atoms with Gasteiger partial charge in [0.15, 0.2) is 17.5 Å². The SMILES string of the molecule is CCNC(=NCc1cc(OC)c(OC)c(OC)c1)NCCCSC. The van der Waals surface area contributed by atoms with Gasteiger partial charge in [0, 0.05) is 13.1 Å². The van der Waals surface area contributed by atoms with Crippen molar-refractivity contribution < 1.29 is 14.2 Å². The van der Waals surface area contributed by atoms with E-state index < -0.39 is 0 Å². The summed E-state index contributed by atoms with van der Waals surface area (Å²) in [5, 5.41) is 6.60. The summed E-state index contributed by atoms with van der Waals surface area (Å²) < 4.78 is 16.1. The number of hydrogen-bond acceptors (Lipinski definition) is 5. The van der Waals surface area contributed by atoms with Gasteiger partial charge < -0.3 is 24.8 Å². The van der Waals surface area contributed by atoms with E-state index in [2.05, 4.69) is 28.8 Å². The first-order chi connectivity index (χ1) is 11.7. The van der Waals surface area contributed by atoms with Crippen molar-refractivity contribution in [3.63, 3.8) is 0 Å². The summed E-state index contributed by atoms with van der Waals surface area (Å²) >= 11 is 1.85. The summed E-state index contributed by atoms with van der Waals surface area (Å²) in [5.41, 5.74) is 0.991. The van der Waals surface area contributed by atoms with Crippen molar-refractivity contribution in [1.82, 2.24) is 10.6 Å². The molecule has 0 aliphatic carbocycles. The third-order valence-electron chi connectivity index (χ3n) is 3.31. The van der Waals surface area contributed by atoms with Crippen LogP contribution in [0.2, 0.25) is 0 Å². The highest BCUT2D eigenvalue weighted by atomic mass is 32.2. The summed E-state index contributed by atoms with van der Waals surface area (Å²) in [5.74, 6) is 3.82. The van der Waals surface area contributed by atoms with Gasteiger partial charge in [-0.25, -0.2) is 4.99 Å². The Hall–Kier alpha value is -1.76. The van der Waals surface area contributed by atoms with Gasteiger partial charge in [0.2, 0.25) is 5.75 Å². The van der Waals surface area contributed by atoms with Crippen LogP contribution in [0, 0.1) is 0 Å². The highest BCUT2D eigenvalue weighted by molar-refractivity contribution is 7.98. The number of hydrogen-bond donors (Lipinski definition) is 2. The maximum Gasteiger partial charge on any atom is 0.203 e. The third-order valence-corrected chi connectivity index (χ3v) is 4.00. The van der Waals surface area contributed by atoms with Gasteiger partial charge in [-0.2, -0.15) is 11.8 Å². The lowest BCUT2D eigenvalue weighted by atomic mass is 10.2. The normalized spacial score (nSPS) is 11.1. The second kappa shape index (κ2) is 11.7. The molecule has 0 aliphatic rings. The van der Waals surface area contributed by atoms with Gasteiger partial charge in [-0.15, -0.1) is 0 Å². The molecule has 0 radical (unpaired) electrons. The molecule has 0 saturated carbocycles. The fourth-order valence-electron chi connectivity index (χ4n) is 2.16. The first kappa shape index (κ1) is 20.3. The van der Waals surface area contributed by atoms with Crippen molar-refractivity contribution in [1.29, 1.82) is 0 Å². The molecular formula is C17H29N3O3S. The second-order valence-electron chi connectivity index (χ2n) is 5.00. The zero-order valence-corrected chi connectivity index (χ0v) is 16.1. The standard InChI is InChI=1S/C17H29N3O3S/c1-6-18-17(19-8-7-9-24-5)20-12-13-10-14(21-2)16(23-4)15(11-13)22-3/h10-11H,6-9,12H2,1-5H3,(H2,18,19,20). The van der Waals surface area contributed by atoms with E-state index in [0.29, 0.717) is 23.8 Å². The van der Waals surface area contributed by atoms with E-state index in [1.165, 1.54) is 0 Å². The van der Waals surface area contributed by atoms with Gasteiger partial charge in [0.05, 0.1) is 27.9 Å². The largest absolute Gasteiger partial charge is 0.493 e. The molecule has 6 nitrogen and oxygen atoms in total. The third kappa shape index (κ3) is 6.39. The lowest BCUT2D eigenvalue weighted by Crippen LogP contribution is -2.37. The van der Waals surface area contributed by atoms with Crippen LogP contribution in [0.15, 0.2) is 17.1 Å². The maximum atomic E-state index is 5.38. The average Bonchev–Trinajstić information content (AvgIpc) is 2.61. The lowest BCUT2D eigenvalue weighted by Gasteiger charge is -2.14. The Balaban J connectivity index is 2.84. The van der Waals surface area contributed by atoms with Crippen molar-refractivity contribution in [3.05, 3.63) is 17.7 Å². The fraction of sp³-hybridized carbons (Fsp3) is 0.588. The number of nitrogens with one attached hydrogen (secondary N) is 2. The van der Waals surface area contributed by atoms with Crippen LogP contribution >= 0.6 is 11.8 Å². The molecule has 24 heavy (non-hydrogen) atoms. The molecule has 0 bridgehead atoms. The van der Waals surface area contributed by atoms with Gasteiger partial charge in [-0.3, -0.25) is 0 Å². The number of nitrogens with zero attached hydrogens (tertiary/aromatic N) is 1. The molecule has 1 aromatic carbocycles. The number of methoxy groups -OCH3 is 3. The average molecular weight is 356 g/mol. The molecule has 0 heterocycles. The topological polar surface area (TPSA) is 64.1 Å². The maximum absolute atomic E-state index is 5.38. The van der Waals surface area contributed by atoms with Crippen LogP contribution in [0.4, 0.5) is 0 Å². The summed E-state index contributed by atoms with van der Waals surface area (Å²) in [4.78, 5) is 4.62. The summed E-state index contributed by atoms with van der Waals surface area (Å²) in [6.07, 6.45) is 3.22. The van der Waals surface area contributed by atoms with Crippen LogP contribution in [0.5, 0.6) is 17.2 Å². The fourth-order valence-corrected chi connectivity index (χ4v) is 2.60. The van der Waals surface area contributed by atoms with Crippen LogP contribution in [-0.4, -0.2) is 52.4 Å². The van der Waals surface area contributed by atoms with E-state index in [1.807, 2.05) is 23.9 Å². The zero-order valence-electron chi connectivity index (χ0n) is 15.3. The zero-order chi connectivity index (χ0) is 17.8. The van der Waals surface area contributed by atoms with Crippen molar-refractivity contribution in [2.45, 2.75) is 19.9 Å². The molecule has 0 unspecified atom stereocenters. The Morgan fingerprint density at radius 3 is 2.25 bits per heavy atom. The van der Waals surface area contributed by atoms with Crippen molar-refractivity contribution >= 4 is 17.7 Å². The Bertz CT molecular complexity index is 499. The summed E-state index contributed by atoms with van der Waals surface area (Å²) in [6.45, 7) is 4.30. The second-order valence-corrected chi connectivity index (χ2v) is 5.99. The first-order valence-corrected chi connectivity index (χ1v) is 9.39. The van der Waals surface area contributed by atoms with E-state index >= 15 is 0 Å². The minimum atomic E-state index is 0.522. The molecule has 1 rings (SSSR count). The molecule has 0 aliphatic heterocycles. The minimum Gasteiger partial charge on any atom is -0.493 e. The van der Waals surface area contributed by atoms with Gasteiger partial charge in [-0.05, 0) is 43.0 Å². The number of guanidine groups is 1. The Labute approximate surface area is 149 Å². The molecule has 0 fully saturated rings. The summed E-state index contributed by atoms with van der Waals surface area (Å²) in [7, 11) is 4.82. The number of aliphatic imine (C=N–C) groups is 1. The lowest BCUT2D eigenvalue weighted by molar-refractivity contribution is 0.324. The predicted octanol–water partition coefficient (Wildman–Crippen LogP) is 2.52. The molecule has 0 atom stereocenters. The molecule has 136 valence electrons. The molecule has 2 N–H and O–H groups in total. The number of ether oxygens (including phenoxy) is 3. The Morgan fingerprint density at radius 2 is 1.75 bits per heavy atom. The highest BCUT2D eigenvalue weighted by Gasteiger charge is 2.13. The molecule has 7 heteroatoms. The van der Waals surface area contributed by atoms with E-state index in [4.69, 9.17) is 14.2 Å². The van der Waals surface area contributed by atoms with E-state index in [9.17, 15) is 0 Å². The van der Waals surface area contributed by atoms with Crippen molar-refractivity contribution in [2.24, 2.45) is 4.99 Å². The molecular weight excluding hydrogens is 326 g/mol. The Morgan fingerprint density at radius 1 is 1.08 bits per heavy atom. The van der Waals surface area contributed by atoms with Gasteiger partial charge in [-0.1, -0.05) is 0 Å². The van der Waals surface area contributed by atoms with Crippen molar-refractivity contribution in [3.8, 4) is 17.2 Å². The molecule has 1 aromatic rings. The molecule has 0 aromatic heterocycles. The quantitative estimate of drug-likeness (QED) is 0.382. The molecule has 0 amide bonds. The predicted molar refractivity (Wildman–Crippen MR) is 102 cm³/mol. The van der Waals surface area contributed by atoms with E-state index in [-0.39, 0.29) is 0 Å². The highest BCUT2D eigenvalue weighted by Crippen LogP contribution is 2.38. The van der Waals surface area contributed by atoms with Crippen LogP contribution in [-0.2, 0) is 6.54 Å². The number of thioether (sulfide) groups is 1. The monoisotopic (exact) mass is 355 g/mol. The minimum absolute atomic E-state index is 0.522. The van der Waals surface area contributed by atoms with E-state index in [1.54, 1.807) is 21.3 Å². The van der Waals surface area contributed by atoms with Crippen LogP contribution in [0.25, 0.3) is 0 Å². The first-order valence-electron chi connectivity index (χ1n) is 8.00. The summed E-state index contributed by atoms with van der Waals surface area (Å²) in [6, 6.07) is 3.84. The van der Waals surface area contributed by atoms with Gasteiger partial charge in [0.1, 0.15) is 0 Å². The number of rotatable bonds is 10. The van der Waals surface area contributed by atoms with Crippen LogP contribution in [0.1, 0.15) is 18.9 Å². The molecule has 0 spiro atoms. The molecule has 0 saturated heterocycles. The van der Waals surface area contributed by atoms with Crippen LogP contribution < -0.4 is 24.8 Å².